The number of carboxylic acids is 1. The van der Waals surface area contributed by atoms with Gasteiger partial charge >= 0.3 is 12.1 Å². The van der Waals surface area contributed by atoms with Crippen LogP contribution in [0, 0.1) is 0 Å². The van der Waals surface area contributed by atoms with Crippen molar-refractivity contribution in [2.45, 2.75) is 68.9 Å². The summed E-state index contributed by atoms with van der Waals surface area (Å²) < 4.78 is 5.41. The predicted octanol–water partition coefficient (Wildman–Crippen LogP) is 4.02. The number of hydrogen-bond acceptors (Lipinski definition) is 6. The summed E-state index contributed by atoms with van der Waals surface area (Å²) in [5, 5.41) is 13.3. The molecule has 0 bridgehead atoms. The highest BCUT2D eigenvalue weighted by molar-refractivity contribution is 5.97. The summed E-state index contributed by atoms with van der Waals surface area (Å²) in [6, 6.07) is 26.0. The van der Waals surface area contributed by atoms with E-state index in [9.17, 15) is 24.3 Å². The maximum atomic E-state index is 13.9. The normalized spacial score (nSPS) is 22.7. The number of aliphatic carboxylic acids is 1. The fourth-order valence-electron chi connectivity index (χ4n) is 7.01. The number of rotatable bonds is 12. The Bertz CT molecular complexity index is 1510. The number of nitrogens with one attached hydrogen (secondary N) is 1. The number of β-lactam (4-membered cyclic amide) rings is 1. The number of benzene rings is 3. The Balaban J connectivity index is 1.14. The molecule has 0 saturated carbocycles. The Kier molecular flexibility index (Phi) is 9.63. The third-order valence-corrected chi connectivity index (χ3v) is 9.40. The standard InChI is InChI=1S/C36H40N4O6/c41-32(37-28-18-20-38(21-19-28)23-26-12-6-2-7-13-26)22-30(35(43)44)39-29(17-16-25-10-4-1-5-11-25)33(34(39)42)40-31(24-46-36(40)45)27-14-8-3-9-15-27/h1-15,28-31,33H,16-24H2,(H,37,41)(H,43,44)/t29?,30?,31-,33?/m1/s1. The molecule has 0 aliphatic carbocycles. The van der Waals surface area contributed by atoms with Gasteiger partial charge in [-0.1, -0.05) is 91.0 Å². The van der Waals surface area contributed by atoms with Crippen molar-refractivity contribution in [2.24, 2.45) is 0 Å². The van der Waals surface area contributed by atoms with Crippen molar-refractivity contribution in [3.05, 3.63) is 108 Å². The maximum Gasteiger partial charge on any atom is 0.411 e. The van der Waals surface area contributed by atoms with Gasteiger partial charge in [-0.15, -0.1) is 0 Å². The third kappa shape index (κ3) is 6.92. The van der Waals surface area contributed by atoms with Crippen molar-refractivity contribution in [3.63, 3.8) is 0 Å². The van der Waals surface area contributed by atoms with E-state index in [-0.39, 0.29) is 19.1 Å². The third-order valence-electron chi connectivity index (χ3n) is 9.40. The van der Waals surface area contributed by atoms with Gasteiger partial charge in [0.25, 0.3) is 0 Å². The minimum atomic E-state index is -1.35. The maximum absolute atomic E-state index is 13.9. The predicted molar refractivity (Wildman–Crippen MR) is 170 cm³/mol. The Morgan fingerprint density at radius 3 is 2.11 bits per heavy atom. The lowest BCUT2D eigenvalue weighted by atomic mass is 9.84. The number of carboxylic acid groups (broad SMARTS) is 1. The highest BCUT2D eigenvalue weighted by Crippen LogP contribution is 2.39. The van der Waals surface area contributed by atoms with E-state index in [0.29, 0.717) is 12.8 Å². The van der Waals surface area contributed by atoms with Crippen molar-refractivity contribution in [3.8, 4) is 0 Å². The zero-order chi connectivity index (χ0) is 32.0. The number of cyclic esters (lactones) is 1. The molecule has 3 aliphatic rings. The largest absolute Gasteiger partial charge is 0.480 e. The van der Waals surface area contributed by atoms with E-state index in [2.05, 4.69) is 22.3 Å². The molecule has 3 saturated heterocycles. The SMILES string of the molecule is O=C(CC(C(=O)O)N1C(=O)C(N2C(=O)OC[C@@H]2c2ccccc2)C1CCc1ccccc1)NC1CCN(Cc2ccccc2)CC1. The quantitative estimate of drug-likeness (QED) is 0.292. The molecule has 240 valence electrons. The van der Waals surface area contributed by atoms with Gasteiger partial charge in [-0.25, -0.2) is 9.59 Å². The second-order valence-electron chi connectivity index (χ2n) is 12.4. The van der Waals surface area contributed by atoms with Crippen LogP contribution in [-0.2, 0) is 32.1 Å². The van der Waals surface area contributed by atoms with Crippen LogP contribution in [0.4, 0.5) is 4.79 Å². The first-order valence-corrected chi connectivity index (χ1v) is 16.0. The number of ether oxygens (including phenoxy) is 1. The van der Waals surface area contributed by atoms with Crippen LogP contribution in [-0.4, -0.2) is 87.5 Å². The van der Waals surface area contributed by atoms with Crippen LogP contribution in [0.15, 0.2) is 91.0 Å². The summed E-state index contributed by atoms with van der Waals surface area (Å²) in [5.74, 6) is -2.12. The van der Waals surface area contributed by atoms with Gasteiger partial charge in [0.15, 0.2) is 0 Å². The summed E-state index contributed by atoms with van der Waals surface area (Å²) in [7, 11) is 0. The van der Waals surface area contributed by atoms with Crippen LogP contribution in [0.3, 0.4) is 0 Å². The van der Waals surface area contributed by atoms with E-state index in [1.807, 2.05) is 78.9 Å². The Morgan fingerprint density at radius 1 is 0.870 bits per heavy atom. The summed E-state index contributed by atoms with van der Waals surface area (Å²) in [6.07, 6.45) is 1.57. The van der Waals surface area contributed by atoms with Crippen molar-refractivity contribution < 1.29 is 29.0 Å². The fraction of sp³-hybridized carbons (Fsp3) is 0.389. The highest BCUT2D eigenvalue weighted by atomic mass is 16.6. The van der Waals surface area contributed by atoms with Crippen LogP contribution in [0.25, 0.3) is 0 Å². The molecule has 4 atom stereocenters. The number of piperidine rings is 1. The monoisotopic (exact) mass is 624 g/mol. The van der Waals surface area contributed by atoms with Gasteiger partial charge in [-0.3, -0.25) is 19.4 Å². The van der Waals surface area contributed by atoms with Crippen LogP contribution in [0.5, 0.6) is 0 Å². The van der Waals surface area contributed by atoms with Gasteiger partial charge in [0.1, 0.15) is 18.7 Å². The second-order valence-corrected chi connectivity index (χ2v) is 12.4. The Morgan fingerprint density at radius 2 is 1.48 bits per heavy atom. The molecule has 3 fully saturated rings. The number of carbonyl (C=O) groups excluding carboxylic acids is 3. The molecule has 3 aromatic carbocycles. The Labute approximate surface area is 268 Å². The smallest absolute Gasteiger partial charge is 0.411 e. The molecule has 10 nitrogen and oxygen atoms in total. The molecule has 0 spiro atoms. The number of nitrogens with zero attached hydrogens (tertiary/aromatic N) is 3. The molecule has 3 aromatic rings. The van der Waals surface area contributed by atoms with Crippen molar-refractivity contribution in [1.29, 1.82) is 0 Å². The lowest BCUT2D eigenvalue weighted by Gasteiger charge is -2.53. The van der Waals surface area contributed by atoms with Gasteiger partial charge < -0.3 is 20.1 Å². The van der Waals surface area contributed by atoms with Crippen molar-refractivity contribution in [1.82, 2.24) is 20.0 Å². The van der Waals surface area contributed by atoms with E-state index < -0.39 is 48.0 Å². The average Bonchev–Trinajstić information content (AvgIpc) is 3.44. The van der Waals surface area contributed by atoms with E-state index in [1.165, 1.54) is 15.4 Å². The first kappa shape index (κ1) is 31.3. The zero-order valence-electron chi connectivity index (χ0n) is 25.7. The van der Waals surface area contributed by atoms with Crippen molar-refractivity contribution >= 4 is 23.9 Å². The number of amides is 3. The number of hydrogen-bond donors (Lipinski definition) is 2. The van der Waals surface area contributed by atoms with E-state index in [1.54, 1.807) is 0 Å². The molecular weight excluding hydrogens is 584 g/mol. The van der Waals surface area contributed by atoms with Gasteiger partial charge in [0, 0.05) is 25.7 Å². The number of likely N-dealkylation sites (tertiary alicyclic amines) is 2. The molecule has 0 radical (unpaired) electrons. The van der Waals surface area contributed by atoms with E-state index in [4.69, 9.17) is 4.74 Å². The molecule has 3 unspecified atom stereocenters. The molecule has 2 N–H and O–H groups in total. The molecule has 3 heterocycles. The fourth-order valence-corrected chi connectivity index (χ4v) is 7.01. The molecular formula is C36H40N4O6. The highest BCUT2D eigenvalue weighted by Gasteiger charge is 2.58. The summed E-state index contributed by atoms with van der Waals surface area (Å²) in [5.41, 5.74) is 3.11. The summed E-state index contributed by atoms with van der Waals surface area (Å²) >= 11 is 0. The van der Waals surface area contributed by atoms with Crippen molar-refractivity contribution in [2.75, 3.05) is 19.7 Å². The lowest BCUT2D eigenvalue weighted by Crippen LogP contribution is -2.74. The molecule has 3 amide bonds. The van der Waals surface area contributed by atoms with Gasteiger partial charge in [0.05, 0.1) is 18.5 Å². The van der Waals surface area contributed by atoms with Gasteiger partial charge in [-0.05, 0) is 42.4 Å². The second kappa shape index (κ2) is 14.2. The first-order chi connectivity index (χ1) is 22.4. The topological polar surface area (TPSA) is 119 Å². The molecule has 10 heteroatoms. The molecule has 3 aliphatic heterocycles. The van der Waals surface area contributed by atoms with Crippen LogP contribution < -0.4 is 5.32 Å². The van der Waals surface area contributed by atoms with E-state index >= 15 is 0 Å². The van der Waals surface area contributed by atoms with Gasteiger partial charge in [0.2, 0.25) is 11.8 Å². The average molecular weight is 625 g/mol. The van der Waals surface area contributed by atoms with Crippen LogP contribution >= 0.6 is 0 Å². The lowest BCUT2D eigenvalue weighted by molar-refractivity contribution is -0.172. The van der Waals surface area contributed by atoms with Gasteiger partial charge in [-0.2, -0.15) is 0 Å². The Hall–Kier alpha value is -4.70. The summed E-state index contributed by atoms with van der Waals surface area (Å²) in [4.78, 5) is 57.9. The molecule has 46 heavy (non-hydrogen) atoms. The number of aryl methyl sites for hydroxylation is 1. The first-order valence-electron chi connectivity index (χ1n) is 16.0. The summed E-state index contributed by atoms with van der Waals surface area (Å²) in [6.45, 7) is 2.60. The minimum absolute atomic E-state index is 0.0614. The van der Waals surface area contributed by atoms with Crippen LogP contribution in [0.2, 0.25) is 0 Å². The van der Waals surface area contributed by atoms with Crippen LogP contribution in [0.1, 0.15) is 48.4 Å². The zero-order valence-corrected chi connectivity index (χ0v) is 25.7. The molecule has 0 aromatic heterocycles. The number of carbonyl (C=O) groups is 4. The minimum Gasteiger partial charge on any atom is -0.480 e. The molecule has 6 rings (SSSR count). The van der Waals surface area contributed by atoms with E-state index in [0.717, 1.165) is 43.6 Å².